The lowest BCUT2D eigenvalue weighted by molar-refractivity contribution is -0.139. The first-order valence-electron chi connectivity index (χ1n) is 5.86. The monoisotopic (exact) mass is 296 g/mol. The van der Waals surface area contributed by atoms with Crippen molar-refractivity contribution in [2.24, 2.45) is 0 Å². The maximum Gasteiger partial charge on any atom is 0.316 e. The SMILES string of the molecule is CCOC(=O)CSc1nnc(-c2ccc(F)cc2)n1N. The number of carbonyl (C=O) groups is 1. The quantitative estimate of drug-likeness (QED) is 0.511. The van der Waals surface area contributed by atoms with Gasteiger partial charge in [0.25, 0.3) is 0 Å². The van der Waals surface area contributed by atoms with Crippen molar-refractivity contribution in [2.45, 2.75) is 12.1 Å². The van der Waals surface area contributed by atoms with Crippen molar-refractivity contribution in [1.82, 2.24) is 14.9 Å². The van der Waals surface area contributed by atoms with Gasteiger partial charge < -0.3 is 10.6 Å². The van der Waals surface area contributed by atoms with Crippen LogP contribution in [0.1, 0.15) is 6.92 Å². The summed E-state index contributed by atoms with van der Waals surface area (Å²) in [6.45, 7) is 2.07. The highest BCUT2D eigenvalue weighted by atomic mass is 32.2. The number of esters is 1. The van der Waals surface area contributed by atoms with Gasteiger partial charge in [0.1, 0.15) is 5.82 Å². The second kappa shape index (κ2) is 6.38. The van der Waals surface area contributed by atoms with Gasteiger partial charge in [-0.05, 0) is 31.2 Å². The topological polar surface area (TPSA) is 83.0 Å². The van der Waals surface area contributed by atoms with E-state index in [-0.39, 0.29) is 17.5 Å². The smallest absolute Gasteiger partial charge is 0.316 e. The van der Waals surface area contributed by atoms with Crippen LogP contribution in [-0.4, -0.2) is 33.2 Å². The third-order valence-electron chi connectivity index (χ3n) is 2.39. The number of ether oxygens (including phenoxy) is 1. The summed E-state index contributed by atoms with van der Waals surface area (Å²) in [6.07, 6.45) is 0. The highest BCUT2D eigenvalue weighted by Gasteiger charge is 2.14. The highest BCUT2D eigenvalue weighted by Crippen LogP contribution is 2.21. The first kappa shape index (κ1) is 14.3. The van der Waals surface area contributed by atoms with E-state index in [1.807, 2.05) is 0 Å². The molecule has 1 heterocycles. The van der Waals surface area contributed by atoms with Gasteiger partial charge in [0.2, 0.25) is 5.16 Å². The lowest BCUT2D eigenvalue weighted by atomic mass is 10.2. The number of nitrogens with two attached hydrogens (primary N) is 1. The van der Waals surface area contributed by atoms with E-state index < -0.39 is 0 Å². The molecule has 0 radical (unpaired) electrons. The number of hydrogen-bond donors (Lipinski definition) is 1. The summed E-state index contributed by atoms with van der Waals surface area (Å²) in [6, 6.07) is 5.75. The van der Waals surface area contributed by atoms with Crippen LogP contribution in [0.2, 0.25) is 0 Å². The molecule has 0 unspecified atom stereocenters. The number of hydrogen-bond acceptors (Lipinski definition) is 6. The van der Waals surface area contributed by atoms with Crippen LogP contribution in [-0.2, 0) is 9.53 Å². The molecule has 2 rings (SSSR count). The Bertz CT molecular complexity index is 600. The normalized spacial score (nSPS) is 10.5. The number of nitrogen functional groups attached to an aromatic ring is 1. The predicted molar refractivity (Wildman–Crippen MR) is 72.9 cm³/mol. The number of aromatic nitrogens is 3. The van der Waals surface area contributed by atoms with E-state index >= 15 is 0 Å². The molecule has 0 aliphatic carbocycles. The van der Waals surface area contributed by atoms with E-state index in [9.17, 15) is 9.18 Å². The van der Waals surface area contributed by atoms with E-state index in [0.29, 0.717) is 23.2 Å². The van der Waals surface area contributed by atoms with Crippen molar-refractivity contribution in [3.8, 4) is 11.4 Å². The first-order valence-corrected chi connectivity index (χ1v) is 6.85. The standard InChI is InChI=1S/C12H13FN4O2S/c1-2-19-10(18)7-20-12-16-15-11(17(12)14)8-3-5-9(13)6-4-8/h3-6H,2,7,14H2,1H3. The Hall–Kier alpha value is -2.09. The third-order valence-corrected chi connectivity index (χ3v) is 3.31. The fraction of sp³-hybridized carbons (Fsp3) is 0.250. The Morgan fingerprint density at radius 2 is 2.10 bits per heavy atom. The van der Waals surface area contributed by atoms with Gasteiger partial charge in [-0.3, -0.25) is 4.79 Å². The largest absolute Gasteiger partial charge is 0.465 e. The van der Waals surface area contributed by atoms with Crippen LogP contribution in [0, 0.1) is 5.82 Å². The molecule has 2 N–H and O–H groups in total. The minimum absolute atomic E-state index is 0.104. The number of halogens is 1. The summed E-state index contributed by atoms with van der Waals surface area (Å²) >= 11 is 1.13. The fourth-order valence-electron chi connectivity index (χ4n) is 1.50. The Morgan fingerprint density at radius 3 is 2.75 bits per heavy atom. The van der Waals surface area contributed by atoms with Gasteiger partial charge in [-0.2, -0.15) is 0 Å². The molecule has 0 fully saturated rings. The Balaban J connectivity index is 2.11. The van der Waals surface area contributed by atoms with Gasteiger partial charge in [0.15, 0.2) is 5.82 Å². The van der Waals surface area contributed by atoms with Gasteiger partial charge in [0.05, 0.1) is 12.4 Å². The molecule has 20 heavy (non-hydrogen) atoms. The summed E-state index contributed by atoms with van der Waals surface area (Å²) in [5, 5.41) is 8.21. The molecule has 0 spiro atoms. The second-order valence-electron chi connectivity index (χ2n) is 3.78. The van der Waals surface area contributed by atoms with Gasteiger partial charge in [-0.15, -0.1) is 10.2 Å². The zero-order chi connectivity index (χ0) is 14.5. The molecule has 1 aromatic carbocycles. The molecule has 0 saturated carbocycles. The van der Waals surface area contributed by atoms with Crippen LogP contribution >= 0.6 is 11.8 Å². The molecule has 1 aromatic heterocycles. The van der Waals surface area contributed by atoms with Crippen LogP contribution in [0.15, 0.2) is 29.4 Å². The molecule has 0 amide bonds. The highest BCUT2D eigenvalue weighted by molar-refractivity contribution is 7.99. The van der Waals surface area contributed by atoms with E-state index in [2.05, 4.69) is 10.2 Å². The molecular formula is C12H13FN4O2S. The fourth-order valence-corrected chi connectivity index (χ4v) is 2.15. The Labute approximate surface area is 119 Å². The molecule has 0 atom stereocenters. The number of benzene rings is 1. The van der Waals surface area contributed by atoms with Crippen LogP contribution in [0.4, 0.5) is 4.39 Å². The maximum absolute atomic E-state index is 12.9. The average Bonchev–Trinajstić information content (AvgIpc) is 2.79. The van der Waals surface area contributed by atoms with E-state index in [1.54, 1.807) is 19.1 Å². The summed E-state index contributed by atoms with van der Waals surface area (Å²) in [5.74, 6) is 5.68. The minimum Gasteiger partial charge on any atom is -0.465 e. The van der Waals surface area contributed by atoms with Crippen LogP contribution in [0.25, 0.3) is 11.4 Å². The summed E-state index contributed by atoms with van der Waals surface area (Å²) < 4.78 is 18.9. The molecular weight excluding hydrogens is 283 g/mol. The molecule has 8 heteroatoms. The molecule has 6 nitrogen and oxygen atoms in total. The van der Waals surface area contributed by atoms with Crippen molar-refractivity contribution in [3.63, 3.8) is 0 Å². The van der Waals surface area contributed by atoms with Crippen molar-refractivity contribution < 1.29 is 13.9 Å². The van der Waals surface area contributed by atoms with Gasteiger partial charge >= 0.3 is 5.97 Å². The molecule has 0 aliphatic rings. The van der Waals surface area contributed by atoms with Crippen LogP contribution in [0.3, 0.4) is 0 Å². The minimum atomic E-state index is -0.344. The first-order chi connectivity index (χ1) is 9.61. The zero-order valence-electron chi connectivity index (χ0n) is 10.7. The molecule has 0 bridgehead atoms. The Kier molecular flexibility index (Phi) is 4.57. The third kappa shape index (κ3) is 3.27. The molecule has 2 aromatic rings. The molecule has 0 saturated heterocycles. The van der Waals surface area contributed by atoms with E-state index in [0.717, 1.165) is 11.8 Å². The van der Waals surface area contributed by atoms with E-state index in [4.69, 9.17) is 10.6 Å². The van der Waals surface area contributed by atoms with Crippen molar-refractivity contribution in [3.05, 3.63) is 30.1 Å². The number of thioether (sulfide) groups is 1. The second-order valence-corrected chi connectivity index (χ2v) is 4.72. The van der Waals surface area contributed by atoms with Crippen molar-refractivity contribution in [1.29, 1.82) is 0 Å². The summed E-state index contributed by atoms with van der Waals surface area (Å²) in [7, 11) is 0. The summed E-state index contributed by atoms with van der Waals surface area (Å²) in [5.41, 5.74) is 0.643. The van der Waals surface area contributed by atoms with E-state index in [1.165, 1.54) is 16.8 Å². The molecule has 106 valence electrons. The molecule has 0 aliphatic heterocycles. The number of rotatable bonds is 5. The van der Waals surface area contributed by atoms with Crippen molar-refractivity contribution >= 4 is 17.7 Å². The van der Waals surface area contributed by atoms with Gasteiger partial charge in [-0.1, -0.05) is 11.8 Å². The van der Waals surface area contributed by atoms with Crippen LogP contribution < -0.4 is 5.84 Å². The predicted octanol–water partition coefficient (Wildman–Crippen LogP) is 1.45. The zero-order valence-corrected chi connectivity index (χ0v) is 11.6. The van der Waals surface area contributed by atoms with Gasteiger partial charge in [-0.25, -0.2) is 9.07 Å². The lowest BCUT2D eigenvalue weighted by Gasteiger charge is -2.03. The average molecular weight is 296 g/mol. The number of nitrogens with zero attached hydrogens (tertiary/aromatic N) is 3. The van der Waals surface area contributed by atoms with Gasteiger partial charge in [0, 0.05) is 5.56 Å². The summed E-state index contributed by atoms with van der Waals surface area (Å²) in [4.78, 5) is 11.3. The number of carbonyl (C=O) groups excluding carboxylic acids is 1. The maximum atomic E-state index is 12.9. The van der Waals surface area contributed by atoms with Crippen molar-refractivity contribution in [2.75, 3.05) is 18.2 Å². The van der Waals surface area contributed by atoms with Crippen LogP contribution in [0.5, 0.6) is 0 Å². The Morgan fingerprint density at radius 1 is 1.40 bits per heavy atom. The lowest BCUT2D eigenvalue weighted by Crippen LogP contribution is -2.13.